The van der Waals surface area contributed by atoms with Gasteiger partial charge in [-0.25, -0.2) is 4.39 Å². The molecule has 1 saturated carbocycles. The van der Waals surface area contributed by atoms with Crippen LogP contribution < -0.4 is 0 Å². The predicted octanol–water partition coefficient (Wildman–Crippen LogP) is 6.68. The lowest BCUT2D eigenvalue weighted by Crippen LogP contribution is -2.12. The summed E-state index contributed by atoms with van der Waals surface area (Å²) >= 11 is 0. The van der Waals surface area contributed by atoms with Crippen LogP contribution in [0.25, 0.3) is 0 Å². The maximum Gasteiger partial charge on any atom is 0.139 e. The van der Waals surface area contributed by atoms with Crippen LogP contribution in [0.5, 0.6) is 0 Å². The van der Waals surface area contributed by atoms with Crippen LogP contribution in [0.3, 0.4) is 0 Å². The van der Waals surface area contributed by atoms with Gasteiger partial charge >= 0.3 is 0 Å². The first-order valence-electron chi connectivity index (χ1n) is 9.69. The molecule has 0 unspecified atom stereocenters. The van der Waals surface area contributed by atoms with E-state index in [1.807, 2.05) is 18.2 Å². The lowest BCUT2D eigenvalue weighted by Gasteiger charge is -2.26. The van der Waals surface area contributed by atoms with Gasteiger partial charge in [0.2, 0.25) is 0 Å². The molecule has 130 valence electrons. The molecule has 0 bridgehead atoms. The van der Waals surface area contributed by atoms with Crippen LogP contribution >= 0.6 is 0 Å². The Morgan fingerprint density at radius 1 is 1.12 bits per heavy atom. The molecule has 1 aromatic carbocycles. The highest BCUT2D eigenvalue weighted by Gasteiger charge is 2.18. The first-order chi connectivity index (χ1) is 11.7. The molecule has 1 aliphatic carbocycles. The second-order valence-electron chi connectivity index (χ2n) is 7.12. The van der Waals surface area contributed by atoms with Crippen LogP contribution in [0.4, 0.5) is 4.39 Å². The molecule has 0 nitrogen and oxygen atoms in total. The third-order valence-electron chi connectivity index (χ3n) is 5.10. The molecule has 0 radical (unpaired) electrons. The van der Waals surface area contributed by atoms with Gasteiger partial charge in [0.15, 0.2) is 0 Å². The summed E-state index contributed by atoms with van der Waals surface area (Å²) in [6.07, 6.45) is 15.3. The Morgan fingerprint density at radius 2 is 1.92 bits per heavy atom. The number of rotatable bonds is 6. The van der Waals surface area contributed by atoms with Crippen LogP contribution in [-0.2, 0) is 6.42 Å². The van der Waals surface area contributed by atoms with Crippen molar-refractivity contribution in [2.45, 2.75) is 71.6 Å². The van der Waals surface area contributed by atoms with Crippen LogP contribution in [0.15, 0.2) is 30.4 Å². The van der Waals surface area contributed by atoms with Crippen LogP contribution in [0.2, 0.25) is 0 Å². The van der Waals surface area contributed by atoms with E-state index < -0.39 is 0 Å². The molecule has 2 rings (SSSR count). The molecule has 1 aromatic rings. The van der Waals surface area contributed by atoms with Crippen molar-refractivity contribution >= 4 is 0 Å². The van der Waals surface area contributed by atoms with Gasteiger partial charge in [0.25, 0.3) is 0 Å². The molecule has 0 amide bonds. The topological polar surface area (TPSA) is 0 Å². The second kappa shape index (κ2) is 10.3. The maximum absolute atomic E-state index is 14.0. The van der Waals surface area contributed by atoms with Gasteiger partial charge in [0, 0.05) is 0 Å². The van der Waals surface area contributed by atoms with E-state index in [0.29, 0.717) is 11.5 Å². The van der Waals surface area contributed by atoms with E-state index in [0.717, 1.165) is 30.7 Å². The van der Waals surface area contributed by atoms with E-state index in [1.165, 1.54) is 38.5 Å². The van der Waals surface area contributed by atoms with E-state index in [9.17, 15) is 4.39 Å². The first-order valence-corrected chi connectivity index (χ1v) is 9.69. The fourth-order valence-electron chi connectivity index (χ4n) is 3.58. The van der Waals surface area contributed by atoms with Gasteiger partial charge in [-0.3, -0.25) is 0 Å². The highest BCUT2D eigenvalue weighted by molar-refractivity contribution is 5.39. The molecule has 1 aliphatic rings. The van der Waals surface area contributed by atoms with Gasteiger partial charge in [0.05, 0.1) is 5.56 Å². The highest BCUT2D eigenvalue weighted by Crippen LogP contribution is 2.32. The Morgan fingerprint density at radius 3 is 2.58 bits per heavy atom. The van der Waals surface area contributed by atoms with E-state index in [-0.39, 0.29) is 5.82 Å². The quantitative estimate of drug-likeness (QED) is 0.511. The average Bonchev–Trinajstić information content (AvgIpc) is 2.60. The second-order valence-corrected chi connectivity index (χ2v) is 7.12. The van der Waals surface area contributed by atoms with Crippen molar-refractivity contribution in [1.82, 2.24) is 0 Å². The van der Waals surface area contributed by atoms with Crippen molar-refractivity contribution in [3.05, 3.63) is 47.3 Å². The zero-order valence-corrected chi connectivity index (χ0v) is 15.3. The third-order valence-corrected chi connectivity index (χ3v) is 5.10. The van der Waals surface area contributed by atoms with Crippen molar-refractivity contribution in [1.29, 1.82) is 0 Å². The molecule has 0 aromatic heterocycles. The zero-order chi connectivity index (χ0) is 17.2. The number of hydrogen-bond donors (Lipinski definition) is 0. The van der Waals surface area contributed by atoms with Crippen molar-refractivity contribution in [2.75, 3.05) is 0 Å². The number of aryl methyl sites for hydroxylation is 1. The number of hydrogen-bond acceptors (Lipinski definition) is 0. The summed E-state index contributed by atoms with van der Waals surface area (Å²) in [5, 5.41) is 0. The van der Waals surface area contributed by atoms with Crippen molar-refractivity contribution in [2.24, 2.45) is 11.8 Å². The Kier molecular flexibility index (Phi) is 8.10. The largest absolute Gasteiger partial charge is 0.206 e. The first kappa shape index (κ1) is 18.8. The SMILES string of the molecule is CCCCc1ccc(C#CC=C[C@H]2CC[C@H](CCC)CC2)c(F)c1. The molecule has 0 atom stereocenters. The summed E-state index contributed by atoms with van der Waals surface area (Å²) < 4.78 is 14.0. The molecule has 0 saturated heterocycles. The lowest BCUT2D eigenvalue weighted by atomic mass is 9.80. The summed E-state index contributed by atoms with van der Waals surface area (Å²) in [4.78, 5) is 0. The molecule has 0 aliphatic heterocycles. The van der Waals surface area contributed by atoms with Gasteiger partial charge in [0.1, 0.15) is 5.82 Å². The van der Waals surface area contributed by atoms with Crippen LogP contribution in [0.1, 0.15) is 76.3 Å². The average molecular weight is 326 g/mol. The Hall–Kier alpha value is -1.55. The predicted molar refractivity (Wildman–Crippen MR) is 101 cm³/mol. The number of allylic oxidation sites excluding steroid dienone is 2. The molecule has 1 fully saturated rings. The summed E-state index contributed by atoms with van der Waals surface area (Å²) in [6.45, 7) is 4.43. The van der Waals surface area contributed by atoms with Crippen LogP contribution in [0, 0.1) is 29.5 Å². The van der Waals surface area contributed by atoms with E-state index >= 15 is 0 Å². The Bertz CT molecular complexity index is 580. The molecule has 0 N–H and O–H groups in total. The standard InChI is InChI=1S/C23H31F/c1-3-5-9-21-16-17-22(23(24)18-21)11-7-6-10-20-14-12-19(8-4-2)13-15-20/h6,10,16-20H,3-5,8-9,12-15H2,1-2H3/t19-,20-. The minimum Gasteiger partial charge on any atom is -0.206 e. The number of halogens is 1. The monoisotopic (exact) mass is 326 g/mol. The minimum atomic E-state index is -0.190. The zero-order valence-electron chi connectivity index (χ0n) is 15.3. The Balaban J connectivity index is 1.84. The van der Waals surface area contributed by atoms with Gasteiger partial charge in [-0.1, -0.05) is 57.1 Å². The van der Waals surface area contributed by atoms with Gasteiger partial charge < -0.3 is 0 Å². The summed E-state index contributed by atoms with van der Waals surface area (Å²) in [7, 11) is 0. The van der Waals surface area contributed by atoms with Crippen molar-refractivity contribution in [3.8, 4) is 11.8 Å². The smallest absolute Gasteiger partial charge is 0.139 e. The molecule has 1 heteroatoms. The number of unbranched alkanes of at least 4 members (excludes halogenated alkanes) is 1. The molecule has 0 heterocycles. The highest BCUT2D eigenvalue weighted by atomic mass is 19.1. The fourth-order valence-corrected chi connectivity index (χ4v) is 3.58. The van der Waals surface area contributed by atoms with Crippen molar-refractivity contribution < 1.29 is 4.39 Å². The number of benzene rings is 1. The molecular weight excluding hydrogens is 295 g/mol. The normalized spacial score (nSPS) is 20.8. The summed E-state index contributed by atoms with van der Waals surface area (Å²) in [5.74, 6) is 7.38. The minimum absolute atomic E-state index is 0.190. The van der Waals surface area contributed by atoms with E-state index in [2.05, 4.69) is 31.8 Å². The maximum atomic E-state index is 14.0. The van der Waals surface area contributed by atoms with Crippen LogP contribution in [-0.4, -0.2) is 0 Å². The van der Waals surface area contributed by atoms with Gasteiger partial charge in [-0.15, -0.1) is 0 Å². The van der Waals surface area contributed by atoms with E-state index in [1.54, 1.807) is 6.07 Å². The summed E-state index contributed by atoms with van der Waals surface area (Å²) in [6, 6.07) is 5.46. The van der Waals surface area contributed by atoms with Crippen molar-refractivity contribution in [3.63, 3.8) is 0 Å². The fraction of sp³-hybridized carbons (Fsp3) is 0.565. The molecule has 0 spiro atoms. The van der Waals surface area contributed by atoms with E-state index in [4.69, 9.17) is 0 Å². The van der Waals surface area contributed by atoms with Gasteiger partial charge in [-0.05, 0) is 74.1 Å². The molecular formula is C23H31F. The van der Waals surface area contributed by atoms with Gasteiger partial charge in [-0.2, -0.15) is 0 Å². The third kappa shape index (κ3) is 6.16. The Labute approximate surface area is 147 Å². The molecule has 24 heavy (non-hydrogen) atoms. The lowest BCUT2D eigenvalue weighted by molar-refractivity contribution is 0.294. The summed E-state index contributed by atoms with van der Waals surface area (Å²) in [5.41, 5.74) is 1.57.